The lowest BCUT2D eigenvalue weighted by molar-refractivity contribution is -0.121. The normalized spacial score (nSPS) is 18.7. The van der Waals surface area contributed by atoms with Crippen LogP contribution < -0.4 is 25.0 Å². The molecule has 0 radical (unpaired) electrons. The molecule has 2 N–H and O–H groups in total. The zero-order valence-electron chi connectivity index (χ0n) is 22.7. The van der Waals surface area contributed by atoms with Crippen LogP contribution in [-0.2, 0) is 4.79 Å². The molecular weight excluding hydrogens is 494 g/mol. The summed E-state index contributed by atoms with van der Waals surface area (Å²) in [6.07, 6.45) is 5.19. The number of hydrogen-bond acceptors (Lipinski definition) is 8. The van der Waals surface area contributed by atoms with Crippen molar-refractivity contribution in [3.05, 3.63) is 48.0 Å². The Bertz CT molecular complexity index is 1320. The monoisotopic (exact) mass is 531 g/mol. The van der Waals surface area contributed by atoms with Gasteiger partial charge in [0.05, 0.1) is 18.7 Å². The fraction of sp³-hybridized carbons (Fsp3) is 0.467. The third-order valence-electron chi connectivity index (χ3n) is 7.42. The van der Waals surface area contributed by atoms with Gasteiger partial charge in [0.2, 0.25) is 11.9 Å². The first kappa shape index (κ1) is 26.7. The zero-order valence-corrected chi connectivity index (χ0v) is 22.7. The number of benzene rings is 2. The summed E-state index contributed by atoms with van der Waals surface area (Å²) in [6.45, 7) is 1.82. The van der Waals surface area contributed by atoms with Crippen LogP contribution in [0.1, 0.15) is 55.3 Å². The second-order valence-corrected chi connectivity index (χ2v) is 10.6. The molecule has 9 heteroatoms. The number of rotatable bonds is 9. The van der Waals surface area contributed by atoms with Gasteiger partial charge in [0, 0.05) is 56.9 Å². The molecule has 1 amide bonds. The maximum absolute atomic E-state index is 12.6. The largest absolute Gasteiger partial charge is 0.490 e. The molecule has 0 spiro atoms. The average Bonchev–Trinajstić information content (AvgIpc) is 3.20. The van der Waals surface area contributed by atoms with Crippen molar-refractivity contribution in [1.82, 2.24) is 15.3 Å². The van der Waals surface area contributed by atoms with Crippen LogP contribution in [0.3, 0.4) is 0 Å². The summed E-state index contributed by atoms with van der Waals surface area (Å²) in [5.74, 6) is 3.10. The fourth-order valence-electron chi connectivity index (χ4n) is 5.21. The first-order chi connectivity index (χ1) is 19.0. The van der Waals surface area contributed by atoms with Crippen molar-refractivity contribution >= 4 is 34.4 Å². The minimum absolute atomic E-state index is 0.0688. The molecule has 1 aliphatic carbocycles. The Hall–Kier alpha value is -3.88. The summed E-state index contributed by atoms with van der Waals surface area (Å²) in [7, 11) is 3.99. The number of carbonyl (C=O) groups is 2. The molecule has 9 nitrogen and oxygen atoms in total. The highest BCUT2D eigenvalue weighted by atomic mass is 16.5. The van der Waals surface area contributed by atoms with Gasteiger partial charge in [-0.25, -0.2) is 4.98 Å². The van der Waals surface area contributed by atoms with E-state index in [4.69, 9.17) is 19.4 Å². The maximum atomic E-state index is 12.6. The van der Waals surface area contributed by atoms with E-state index in [0.717, 1.165) is 48.8 Å². The Morgan fingerprint density at radius 1 is 0.949 bits per heavy atom. The van der Waals surface area contributed by atoms with Crippen molar-refractivity contribution in [1.29, 1.82) is 0 Å². The highest BCUT2D eigenvalue weighted by Crippen LogP contribution is 2.31. The third kappa shape index (κ3) is 6.77. The number of anilines is 2. The molecule has 2 heterocycles. The highest BCUT2D eigenvalue weighted by molar-refractivity contribution is 5.98. The van der Waals surface area contributed by atoms with E-state index in [-0.39, 0.29) is 24.5 Å². The minimum Gasteiger partial charge on any atom is -0.490 e. The van der Waals surface area contributed by atoms with E-state index in [9.17, 15) is 9.59 Å². The third-order valence-corrected chi connectivity index (χ3v) is 7.42. The topological polar surface area (TPSA) is 106 Å². The highest BCUT2D eigenvalue weighted by Gasteiger charge is 2.23. The predicted octanol–water partition coefficient (Wildman–Crippen LogP) is 4.61. The number of ketones is 1. The molecule has 39 heavy (non-hydrogen) atoms. The molecule has 0 unspecified atom stereocenters. The van der Waals surface area contributed by atoms with Gasteiger partial charge in [0.1, 0.15) is 5.82 Å². The predicted molar refractivity (Wildman–Crippen MR) is 152 cm³/mol. The quantitative estimate of drug-likeness (QED) is 0.386. The molecule has 0 atom stereocenters. The smallest absolute Gasteiger partial charge is 0.225 e. The number of Topliss-reactive ketones (excluding diaryl/α,β-unsaturated/α-hetero) is 1. The molecule has 1 fully saturated rings. The summed E-state index contributed by atoms with van der Waals surface area (Å²) in [5, 5.41) is 7.61. The SMILES string of the molecule is CN(C)c1nc(NC2CCC(CNC(=O)CCC(=O)c3ccc4c(c3)OCCCO4)CC2)nc2ccccc12. The molecule has 2 aliphatic rings. The summed E-state index contributed by atoms with van der Waals surface area (Å²) in [6, 6.07) is 13.6. The van der Waals surface area contributed by atoms with Gasteiger partial charge in [0.25, 0.3) is 0 Å². The van der Waals surface area contributed by atoms with Gasteiger partial charge in [0.15, 0.2) is 17.3 Å². The lowest BCUT2D eigenvalue weighted by Crippen LogP contribution is -2.34. The standard InChI is InChI=1S/C30H37N5O4/c1-35(2)29-23-6-3-4-7-24(23)33-30(34-29)32-22-11-8-20(9-12-22)19-31-28(37)15-13-25(36)21-10-14-26-27(18-21)39-17-5-16-38-26/h3-4,6-7,10,14,18,20,22H,5,8-9,11-13,15-17,19H2,1-2H3,(H,31,37)(H,32,33,34). The summed E-state index contributed by atoms with van der Waals surface area (Å²) < 4.78 is 11.3. The molecule has 5 rings (SSSR count). The molecule has 1 aliphatic heterocycles. The van der Waals surface area contributed by atoms with Gasteiger partial charge in [-0.05, 0) is 61.9 Å². The van der Waals surface area contributed by atoms with Crippen LogP contribution in [-0.4, -0.2) is 61.6 Å². The van der Waals surface area contributed by atoms with Gasteiger partial charge >= 0.3 is 0 Å². The number of hydrogen-bond donors (Lipinski definition) is 2. The van der Waals surface area contributed by atoms with Crippen LogP contribution in [0.25, 0.3) is 10.9 Å². The van der Waals surface area contributed by atoms with Gasteiger partial charge in [-0.15, -0.1) is 0 Å². The maximum Gasteiger partial charge on any atom is 0.225 e. The van der Waals surface area contributed by atoms with Crippen molar-refractivity contribution in [3.63, 3.8) is 0 Å². The molecule has 0 saturated heterocycles. The van der Waals surface area contributed by atoms with Crippen molar-refractivity contribution in [3.8, 4) is 11.5 Å². The Labute approximate surface area is 229 Å². The number of carbonyl (C=O) groups excluding carboxylic acids is 2. The molecular formula is C30H37N5O4. The summed E-state index contributed by atoms with van der Waals surface area (Å²) in [5.41, 5.74) is 1.48. The van der Waals surface area contributed by atoms with Crippen LogP contribution in [0.5, 0.6) is 11.5 Å². The van der Waals surface area contributed by atoms with Crippen LogP contribution in [0.2, 0.25) is 0 Å². The van der Waals surface area contributed by atoms with Crippen molar-refractivity contribution in [2.75, 3.05) is 44.1 Å². The number of nitrogens with one attached hydrogen (secondary N) is 2. The van der Waals surface area contributed by atoms with E-state index in [1.165, 1.54) is 0 Å². The van der Waals surface area contributed by atoms with Gasteiger partial charge in [-0.1, -0.05) is 12.1 Å². The molecule has 0 bridgehead atoms. The molecule has 206 valence electrons. The Morgan fingerprint density at radius 3 is 2.51 bits per heavy atom. The molecule has 3 aromatic rings. The Balaban J connectivity index is 1.05. The van der Waals surface area contributed by atoms with Crippen LogP contribution >= 0.6 is 0 Å². The van der Waals surface area contributed by atoms with E-state index < -0.39 is 0 Å². The first-order valence-electron chi connectivity index (χ1n) is 13.9. The Kier molecular flexibility index (Phi) is 8.44. The second-order valence-electron chi connectivity index (χ2n) is 10.6. The molecule has 1 saturated carbocycles. The lowest BCUT2D eigenvalue weighted by Gasteiger charge is -2.29. The molecule has 1 aromatic heterocycles. The van der Waals surface area contributed by atoms with Crippen LogP contribution in [0.15, 0.2) is 42.5 Å². The number of nitrogens with zero attached hydrogens (tertiary/aromatic N) is 3. The van der Waals surface area contributed by atoms with Crippen LogP contribution in [0.4, 0.5) is 11.8 Å². The van der Waals surface area contributed by atoms with Gasteiger partial charge in [-0.2, -0.15) is 4.98 Å². The van der Waals surface area contributed by atoms with E-state index in [1.54, 1.807) is 18.2 Å². The summed E-state index contributed by atoms with van der Waals surface area (Å²) in [4.78, 5) is 36.6. The number of amides is 1. The minimum atomic E-state index is -0.0845. The van der Waals surface area contributed by atoms with Gasteiger partial charge in [-0.3, -0.25) is 9.59 Å². The van der Waals surface area contributed by atoms with Gasteiger partial charge < -0.3 is 25.0 Å². The van der Waals surface area contributed by atoms with E-state index in [2.05, 4.69) is 10.6 Å². The average molecular weight is 532 g/mol. The van der Waals surface area contributed by atoms with Crippen LogP contribution in [0, 0.1) is 5.92 Å². The number of ether oxygens (including phenoxy) is 2. The number of aromatic nitrogens is 2. The van der Waals surface area contributed by atoms with E-state index in [0.29, 0.717) is 54.7 Å². The van der Waals surface area contributed by atoms with E-state index >= 15 is 0 Å². The lowest BCUT2D eigenvalue weighted by atomic mass is 9.86. The van der Waals surface area contributed by atoms with Crippen molar-refractivity contribution < 1.29 is 19.1 Å². The van der Waals surface area contributed by atoms with Crippen molar-refractivity contribution in [2.45, 2.75) is 51.0 Å². The first-order valence-corrected chi connectivity index (χ1v) is 13.9. The van der Waals surface area contributed by atoms with E-state index in [1.807, 2.05) is 43.3 Å². The summed E-state index contributed by atoms with van der Waals surface area (Å²) >= 11 is 0. The Morgan fingerprint density at radius 2 is 1.72 bits per heavy atom. The van der Waals surface area contributed by atoms with Crippen molar-refractivity contribution in [2.24, 2.45) is 5.92 Å². The number of fused-ring (bicyclic) bond motifs is 2. The fourth-order valence-corrected chi connectivity index (χ4v) is 5.21. The number of para-hydroxylation sites is 1. The second kappa shape index (κ2) is 12.3. The molecule has 2 aromatic carbocycles. The zero-order chi connectivity index (χ0) is 27.2.